The van der Waals surface area contributed by atoms with E-state index in [4.69, 9.17) is 5.73 Å². The molecule has 0 amide bonds. The predicted octanol–water partition coefficient (Wildman–Crippen LogP) is 0.135. The van der Waals surface area contributed by atoms with Crippen LogP contribution in [0.4, 0.5) is 0 Å². The van der Waals surface area contributed by atoms with Crippen molar-refractivity contribution in [2.45, 2.75) is 39.8 Å². The zero-order valence-corrected chi connectivity index (χ0v) is 12.4. The second-order valence-electron chi connectivity index (χ2n) is 5.24. The Kier molecular flexibility index (Phi) is 3.80. The predicted molar refractivity (Wildman–Crippen MR) is 78.0 cm³/mol. The van der Waals surface area contributed by atoms with E-state index in [1.165, 1.54) is 4.57 Å². The fourth-order valence-corrected chi connectivity index (χ4v) is 2.35. The van der Waals surface area contributed by atoms with Crippen LogP contribution >= 0.6 is 0 Å². The van der Waals surface area contributed by atoms with E-state index in [-0.39, 0.29) is 17.3 Å². The van der Waals surface area contributed by atoms with Crippen molar-refractivity contribution in [1.29, 1.82) is 0 Å². The second kappa shape index (κ2) is 5.24. The van der Waals surface area contributed by atoms with Crippen LogP contribution in [0.1, 0.15) is 32.1 Å². The summed E-state index contributed by atoms with van der Waals surface area (Å²) in [6, 6.07) is -0.0657. The fraction of sp³-hybridized carbons (Fsp3) is 0.615. The molecular formula is C13H21N5O2. The van der Waals surface area contributed by atoms with Gasteiger partial charge in [0, 0.05) is 19.6 Å². The Hall–Kier alpha value is -1.89. The van der Waals surface area contributed by atoms with Crippen molar-refractivity contribution in [2.24, 2.45) is 12.8 Å². The molecule has 2 rings (SSSR count). The Morgan fingerprint density at radius 3 is 2.50 bits per heavy atom. The molecule has 0 aromatic carbocycles. The van der Waals surface area contributed by atoms with Crippen LogP contribution in [-0.4, -0.2) is 25.2 Å². The summed E-state index contributed by atoms with van der Waals surface area (Å²) in [6.07, 6.45) is 0.593. The summed E-state index contributed by atoms with van der Waals surface area (Å²) >= 11 is 0. The molecule has 0 aliphatic carbocycles. The minimum atomic E-state index is -0.316. The van der Waals surface area contributed by atoms with Crippen LogP contribution in [0.3, 0.4) is 0 Å². The Bertz CT molecular complexity index is 751. The summed E-state index contributed by atoms with van der Waals surface area (Å²) in [5.74, 6) is 0.711. The minimum absolute atomic E-state index is 0.0657. The summed E-state index contributed by atoms with van der Waals surface area (Å²) < 4.78 is 4.56. The lowest BCUT2D eigenvalue weighted by Crippen LogP contribution is -2.41. The van der Waals surface area contributed by atoms with Crippen LogP contribution in [0.2, 0.25) is 0 Å². The van der Waals surface area contributed by atoms with Crippen LogP contribution in [0.15, 0.2) is 9.59 Å². The van der Waals surface area contributed by atoms with Gasteiger partial charge in [-0.1, -0.05) is 0 Å². The molecule has 7 nitrogen and oxygen atoms in total. The highest BCUT2D eigenvalue weighted by atomic mass is 16.2. The lowest BCUT2D eigenvalue weighted by molar-refractivity contribution is 0.514. The van der Waals surface area contributed by atoms with Crippen LogP contribution in [0.25, 0.3) is 11.2 Å². The number of rotatable bonds is 4. The first-order valence-electron chi connectivity index (χ1n) is 6.78. The lowest BCUT2D eigenvalue weighted by Gasteiger charge is -2.14. The maximum atomic E-state index is 12.5. The maximum Gasteiger partial charge on any atom is 0.332 e. The smallest absolute Gasteiger partial charge is 0.330 e. The Labute approximate surface area is 116 Å². The van der Waals surface area contributed by atoms with Crippen LogP contribution in [0, 0.1) is 6.92 Å². The quantitative estimate of drug-likeness (QED) is 0.862. The molecule has 0 saturated heterocycles. The van der Waals surface area contributed by atoms with Crippen molar-refractivity contribution < 1.29 is 0 Å². The standard InChI is InChI=1S/C13H21N5O2/c1-8(2)18-11-10(16(4)9(3)15-11)12(19)17(13(18)20)7-5-6-14/h8H,5-7,14H2,1-4H3. The van der Waals surface area contributed by atoms with E-state index in [1.54, 1.807) is 16.2 Å². The Morgan fingerprint density at radius 2 is 1.95 bits per heavy atom. The average Bonchev–Trinajstić information content (AvgIpc) is 2.65. The number of hydrogen-bond donors (Lipinski definition) is 1. The maximum absolute atomic E-state index is 12.5. The number of nitrogens with two attached hydrogens (primary N) is 1. The Balaban J connectivity index is 2.92. The molecule has 0 aliphatic rings. The van der Waals surface area contributed by atoms with Gasteiger partial charge in [-0.2, -0.15) is 0 Å². The highest BCUT2D eigenvalue weighted by Gasteiger charge is 2.19. The normalized spacial score (nSPS) is 11.7. The van der Waals surface area contributed by atoms with E-state index in [1.807, 2.05) is 20.8 Å². The summed E-state index contributed by atoms with van der Waals surface area (Å²) in [7, 11) is 1.79. The van der Waals surface area contributed by atoms with Gasteiger partial charge in [-0.25, -0.2) is 9.78 Å². The van der Waals surface area contributed by atoms with Crippen LogP contribution in [-0.2, 0) is 13.6 Å². The summed E-state index contributed by atoms with van der Waals surface area (Å²) in [4.78, 5) is 29.4. The van der Waals surface area contributed by atoms with Crippen molar-refractivity contribution in [3.8, 4) is 0 Å². The molecule has 2 heterocycles. The van der Waals surface area contributed by atoms with Crippen molar-refractivity contribution in [2.75, 3.05) is 6.54 Å². The van der Waals surface area contributed by atoms with E-state index in [0.717, 1.165) is 0 Å². The second-order valence-corrected chi connectivity index (χ2v) is 5.24. The number of imidazole rings is 1. The van der Waals surface area contributed by atoms with Crippen molar-refractivity contribution in [3.63, 3.8) is 0 Å². The van der Waals surface area contributed by atoms with E-state index in [2.05, 4.69) is 4.98 Å². The van der Waals surface area contributed by atoms with Gasteiger partial charge in [0.25, 0.3) is 5.56 Å². The molecule has 0 bridgehead atoms. The lowest BCUT2D eigenvalue weighted by atomic mass is 10.3. The third-order valence-electron chi connectivity index (χ3n) is 3.52. The molecule has 0 spiro atoms. The number of fused-ring (bicyclic) bond motifs is 1. The number of aromatic nitrogens is 4. The summed E-state index contributed by atoms with van der Waals surface area (Å²) in [5.41, 5.74) is 5.79. The molecule has 0 unspecified atom stereocenters. The van der Waals surface area contributed by atoms with Gasteiger partial charge in [-0.3, -0.25) is 13.9 Å². The summed E-state index contributed by atoms with van der Waals surface area (Å²) in [5, 5.41) is 0. The topological polar surface area (TPSA) is 87.8 Å². The van der Waals surface area contributed by atoms with Gasteiger partial charge in [0.2, 0.25) is 0 Å². The summed E-state index contributed by atoms with van der Waals surface area (Å²) in [6.45, 7) is 6.40. The Morgan fingerprint density at radius 1 is 1.30 bits per heavy atom. The van der Waals surface area contributed by atoms with Crippen LogP contribution < -0.4 is 17.0 Å². The average molecular weight is 279 g/mol. The van der Waals surface area contributed by atoms with Gasteiger partial charge >= 0.3 is 5.69 Å². The van der Waals surface area contributed by atoms with E-state index >= 15 is 0 Å². The zero-order valence-electron chi connectivity index (χ0n) is 12.4. The fourth-order valence-electron chi connectivity index (χ4n) is 2.35. The molecule has 110 valence electrons. The molecule has 2 aromatic heterocycles. The van der Waals surface area contributed by atoms with Gasteiger partial charge < -0.3 is 10.3 Å². The number of aryl methyl sites for hydroxylation is 2. The van der Waals surface area contributed by atoms with Gasteiger partial charge in [0.15, 0.2) is 11.2 Å². The first-order chi connectivity index (χ1) is 9.40. The van der Waals surface area contributed by atoms with E-state index in [0.29, 0.717) is 36.5 Å². The first-order valence-corrected chi connectivity index (χ1v) is 6.78. The molecule has 0 saturated carbocycles. The molecule has 0 aliphatic heterocycles. The van der Waals surface area contributed by atoms with Gasteiger partial charge in [-0.05, 0) is 33.7 Å². The SMILES string of the molecule is Cc1nc2c(c(=O)n(CCCN)c(=O)n2C(C)C)n1C. The van der Waals surface area contributed by atoms with Crippen molar-refractivity contribution >= 4 is 11.2 Å². The first kappa shape index (κ1) is 14.5. The highest BCUT2D eigenvalue weighted by Crippen LogP contribution is 2.13. The van der Waals surface area contributed by atoms with Gasteiger partial charge in [-0.15, -0.1) is 0 Å². The number of nitrogens with zero attached hydrogens (tertiary/aromatic N) is 4. The van der Waals surface area contributed by atoms with Crippen molar-refractivity contribution in [3.05, 3.63) is 26.7 Å². The van der Waals surface area contributed by atoms with E-state index in [9.17, 15) is 9.59 Å². The minimum Gasteiger partial charge on any atom is -0.330 e. The molecule has 0 atom stereocenters. The molecule has 20 heavy (non-hydrogen) atoms. The number of hydrogen-bond acceptors (Lipinski definition) is 4. The molecule has 0 radical (unpaired) electrons. The molecule has 7 heteroatoms. The molecule has 0 fully saturated rings. The third-order valence-corrected chi connectivity index (χ3v) is 3.52. The molecular weight excluding hydrogens is 258 g/mol. The van der Waals surface area contributed by atoms with Gasteiger partial charge in [0.05, 0.1) is 0 Å². The van der Waals surface area contributed by atoms with Gasteiger partial charge in [0.1, 0.15) is 5.82 Å². The molecule has 2 aromatic rings. The third kappa shape index (κ3) is 2.07. The highest BCUT2D eigenvalue weighted by molar-refractivity contribution is 5.71. The van der Waals surface area contributed by atoms with E-state index < -0.39 is 0 Å². The largest absolute Gasteiger partial charge is 0.332 e. The van der Waals surface area contributed by atoms with Crippen molar-refractivity contribution in [1.82, 2.24) is 18.7 Å². The molecule has 2 N–H and O–H groups in total. The van der Waals surface area contributed by atoms with Crippen LogP contribution in [0.5, 0.6) is 0 Å². The monoisotopic (exact) mass is 279 g/mol. The zero-order chi connectivity index (χ0) is 15.0.